The molecule has 1 aromatic rings. The predicted octanol–water partition coefficient (Wildman–Crippen LogP) is 2.81. The Balaban J connectivity index is 2.11. The van der Waals surface area contributed by atoms with Gasteiger partial charge in [-0.1, -0.05) is 6.07 Å². The maximum absolute atomic E-state index is 12.8. The van der Waals surface area contributed by atoms with Crippen LogP contribution in [0, 0.1) is 5.92 Å². The minimum absolute atomic E-state index is 0.0210. The van der Waals surface area contributed by atoms with Crippen molar-refractivity contribution in [3.63, 3.8) is 0 Å². The van der Waals surface area contributed by atoms with Crippen molar-refractivity contribution in [3.05, 3.63) is 29.8 Å². The second-order valence-electron chi connectivity index (χ2n) is 5.82. The number of alkyl halides is 3. The van der Waals surface area contributed by atoms with Gasteiger partial charge in [-0.3, -0.25) is 4.79 Å². The number of nitrogens with zero attached hydrogens (tertiary/aromatic N) is 1. The van der Waals surface area contributed by atoms with Crippen LogP contribution in [-0.2, 0) is 15.7 Å². The highest BCUT2D eigenvalue weighted by molar-refractivity contribution is 5.69. The standard InChI is InChI=1S/C16H21F3N2O2/c1-2-23-15(22)7-11-6-13(20)10-21(9-11)14-5-3-4-12(8-14)16(17,18)19/h3-5,8,11,13H,2,6-7,9-10,20H2,1H3. The number of hydrogen-bond acceptors (Lipinski definition) is 4. The minimum atomic E-state index is -4.38. The molecular formula is C16H21F3N2O2. The largest absolute Gasteiger partial charge is 0.466 e. The lowest BCUT2D eigenvalue weighted by Gasteiger charge is -2.37. The van der Waals surface area contributed by atoms with Gasteiger partial charge in [0.25, 0.3) is 0 Å². The lowest BCUT2D eigenvalue weighted by molar-refractivity contribution is -0.144. The predicted molar refractivity (Wildman–Crippen MR) is 81.0 cm³/mol. The molecule has 0 aliphatic carbocycles. The number of hydrogen-bond donors (Lipinski definition) is 1. The zero-order valence-corrected chi connectivity index (χ0v) is 13.0. The second-order valence-corrected chi connectivity index (χ2v) is 5.82. The molecule has 0 bridgehead atoms. The van der Waals surface area contributed by atoms with Gasteiger partial charge in [0.2, 0.25) is 0 Å². The van der Waals surface area contributed by atoms with Crippen molar-refractivity contribution in [2.75, 3.05) is 24.6 Å². The lowest BCUT2D eigenvalue weighted by Crippen LogP contribution is -2.47. The molecule has 1 aromatic carbocycles. The summed E-state index contributed by atoms with van der Waals surface area (Å²) in [5.41, 5.74) is 5.80. The van der Waals surface area contributed by atoms with E-state index in [1.54, 1.807) is 13.0 Å². The number of ether oxygens (including phenoxy) is 1. The zero-order chi connectivity index (χ0) is 17.0. The monoisotopic (exact) mass is 330 g/mol. The van der Waals surface area contributed by atoms with E-state index < -0.39 is 11.7 Å². The first-order valence-electron chi connectivity index (χ1n) is 7.63. The summed E-state index contributed by atoms with van der Waals surface area (Å²) >= 11 is 0. The van der Waals surface area contributed by atoms with Gasteiger partial charge in [-0.25, -0.2) is 0 Å². The Morgan fingerprint density at radius 3 is 2.78 bits per heavy atom. The van der Waals surface area contributed by atoms with Crippen molar-refractivity contribution >= 4 is 11.7 Å². The van der Waals surface area contributed by atoms with Gasteiger partial charge >= 0.3 is 12.1 Å². The smallest absolute Gasteiger partial charge is 0.416 e. The number of carbonyl (C=O) groups is 1. The SMILES string of the molecule is CCOC(=O)CC1CC(N)CN(c2cccc(C(F)(F)F)c2)C1. The van der Waals surface area contributed by atoms with E-state index in [0.717, 1.165) is 12.1 Å². The van der Waals surface area contributed by atoms with Crippen LogP contribution in [0.3, 0.4) is 0 Å². The summed E-state index contributed by atoms with van der Waals surface area (Å²) < 4.78 is 43.5. The highest BCUT2D eigenvalue weighted by atomic mass is 19.4. The molecule has 0 aromatic heterocycles. The molecule has 2 N–H and O–H groups in total. The van der Waals surface area contributed by atoms with E-state index in [-0.39, 0.29) is 24.3 Å². The molecule has 7 heteroatoms. The Bertz CT molecular complexity index is 548. The number of nitrogens with two attached hydrogens (primary N) is 1. The quantitative estimate of drug-likeness (QED) is 0.863. The maximum atomic E-state index is 12.8. The third kappa shape index (κ3) is 4.86. The van der Waals surface area contributed by atoms with Crippen LogP contribution in [0.5, 0.6) is 0 Å². The molecule has 4 nitrogen and oxygen atoms in total. The third-order valence-electron chi connectivity index (χ3n) is 3.87. The number of rotatable bonds is 4. The molecule has 2 atom stereocenters. The van der Waals surface area contributed by atoms with Crippen molar-refractivity contribution in [1.29, 1.82) is 0 Å². The zero-order valence-electron chi connectivity index (χ0n) is 13.0. The highest BCUT2D eigenvalue weighted by Gasteiger charge is 2.32. The minimum Gasteiger partial charge on any atom is -0.466 e. The first kappa shape index (κ1) is 17.6. The molecule has 1 saturated heterocycles. The Hall–Kier alpha value is -1.76. The normalized spacial score (nSPS) is 22.0. The molecule has 1 fully saturated rings. The van der Waals surface area contributed by atoms with Gasteiger partial charge in [-0.15, -0.1) is 0 Å². The summed E-state index contributed by atoms with van der Waals surface area (Å²) in [5.74, 6) is -0.317. The molecule has 23 heavy (non-hydrogen) atoms. The van der Waals surface area contributed by atoms with Crippen molar-refractivity contribution in [1.82, 2.24) is 0 Å². The number of benzene rings is 1. The summed E-state index contributed by atoms with van der Waals surface area (Å²) in [5, 5.41) is 0. The van der Waals surface area contributed by atoms with Gasteiger partial charge in [-0.05, 0) is 37.5 Å². The lowest BCUT2D eigenvalue weighted by atomic mass is 9.91. The van der Waals surface area contributed by atoms with E-state index in [9.17, 15) is 18.0 Å². The second kappa shape index (κ2) is 7.21. The van der Waals surface area contributed by atoms with Gasteiger partial charge < -0.3 is 15.4 Å². The Morgan fingerprint density at radius 2 is 2.13 bits per heavy atom. The van der Waals surface area contributed by atoms with E-state index in [0.29, 0.717) is 31.8 Å². The average Bonchev–Trinajstić information content (AvgIpc) is 2.46. The first-order chi connectivity index (χ1) is 10.8. The van der Waals surface area contributed by atoms with Crippen molar-refractivity contribution in [2.45, 2.75) is 32.0 Å². The van der Waals surface area contributed by atoms with Crippen LogP contribution in [-0.4, -0.2) is 31.7 Å². The van der Waals surface area contributed by atoms with Crippen molar-refractivity contribution in [2.24, 2.45) is 11.7 Å². The third-order valence-corrected chi connectivity index (χ3v) is 3.87. The van der Waals surface area contributed by atoms with Gasteiger partial charge in [0.1, 0.15) is 0 Å². The van der Waals surface area contributed by atoms with E-state index in [2.05, 4.69) is 0 Å². The fourth-order valence-corrected chi connectivity index (χ4v) is 2.94. The van der Waals surface area contributed by atoms with Crippen molar-refractivity contribution in [3.8, 4) is 0 Å². The van der Waals surface area contributed by atoms with Crippen LogP contribution < -0.4 is 10.6 Å². The van der Waals surface area contributed by atoms with Gasteiger partial charge in [0.15, 0.2) is 0 Å². The van der Waals surface area contributed by atoms with Crippen LogP contribution in [0.15, 0.2) is 24.3 Å². The molecule has 0 saturated carbocycles. The van der Waals surface area contributed by atoms with Crippen LogP contribution >= 0.6 is 0 Å². The molecular weight excluding hydrogens is 309 g/mol. The van der Waals surface area contributed by atoms with E-state index >= 15 is 0 Å². The molecule has 2 rings (SSSR count). The molecule has 1 heterocycles. The molecule has 1 aliphatic rings. The maximum Gasteiger partial charge on any atom is 0.416 e. The molecule has 2 unspecified atom stereocenters. The number of anilines is 1. The topological polar surface area (TPSA) is 55.6 Å². The van der Waals surface area contributed by atoms with E-state index in [4.69, 9.17) is 10.5 Å². The van der Waals surface area contributed by atoms with Gasteiger partial charge in [0, 0.05) is 24.8 Å². The van der Waals surface area contributed by atoms with Crippen molar-refractivity contribution < 1.29 is 22.7 Å². The summed E-state index contributed by atoms with van der Waals surface area (Å²) in [7, 11) is 0. The Labute approximate surface area is 133 Å². The molecule has 0 spiro atoms. The summed E-state index contributed by atoms with van der Waals surface area (Å²) in [4.78, 5) is 13.4. The first-order valence-corrected chi connectivity index (χ1v) is 7.63. The fourth-order valence-electron chi connectivity index (χ4n) is 2.94. The molecule has 128 valence electrons. The van der Waals surface area contributed by atoms with E-state index in [1.807, 2.05) is 4.90 Å². The highest BCUT2D eigenvalue weighted by Crippen LogP contribution is 2.33. The molecule has 0 radical (unpaired) electrons. The van der Waals surface area contributed by atoms with Crippen LogP contribution in [0.2, 0.25) is 0 Å². The molecule has 1 aliphatic heterocycles. The number of piperidine rings is 1. The summed E-state index contributed by atoms with van der Waals surface area (Å²) in [6, 6.07) is 5.01. The number of halogens is 3. The average molecular weight is 330 g/mol. The van der Waals surface area contributed by atoms with Crippen LogP contribution in [0.1, 0.15) is 25.3 Å². The van der Waals surface area contributed by atoms with Gasteiger partial charge in [-0.2, -0.15) is 13.2 Å². The summed E-state index contributed by atoms with van der Waals surface area (Å²) in [6.07, 6.45) is -3.48. The van der Waals surface area contributed by atoms with Crippen LogP contribution in [0.25, 0.3) is 0 Å². The Kier molecular flexibility index (Phi) is 5.51. The van der Waals surface area contributed by atoms with E-state index in [1.165, 1.54) is 6.07 Å². The number of esters is 1. The summed E-state index contributed by atoms with van der Waals surface area (Å²) in [6.45, 7) is 3.02. The van der Waals surface area contributed by atoms with Gasteiger partial charge in [0.05, 0.1) is 18.6 Å². The van der Waals surface area contributed by atoms with Crippen LogP contribution in [0.4, 0.5) is 18.9 Å². The number of carbonyl (C=O) groups excluding carboxylic acids is 1. The Morgan fingerprint density at radius 1 is 1.39 bits per heavy atom. The fraction of sp³-hybridized carbons (Fsp3) is 0.562. The molecule has 0 amide bonds.